The number of benzene rings is 2. The van der Waals surface area contributed by atoms with Crippen molar-refractivity contribution >= 4 is 40.9 Å². The Labute approximate surface area is 177 Å². The predicted octanol–water partition coefficient (Wildman–Crippen LogP) is 2.39. The van der Waals surface area contributed by atoms with Gasteiger partial charge in [0.15, 0.2) is 0 Å². The van der Waals surface area contributed by atoms with E-state index in [0.717, 1.165) is 0 Å². The molecular formula is C20H20Cl2FN3O3. The molecule has 2 rings (SSSR count). The number of hydrogen-bond donors (Lipinski definition) is 3. The van der Waals surface area contributed by atoms with E-state index in [1.807, 2.05) is 0 Å². The summed E-state index contributed by atoms with van der Waals surface area (Å²) in [6.07, 6.45) is -0.136. The molecule has 0 unspecified atom stereocenters. The zero-order valence-electron chi connectivity index (χ0n) is 15.5. The van der Waals surface area contributed by atoms with E-state index in [-0.39, 0.29) is 18.4 Å². The quantitative estimate of drug-likeness (QED) is 0.588. The van der Waals surface area contributed by atoms with Crippen LogP contribution in [0, 0.1) is 5.82 Å². The molecule has 0 bridgehead atoms. The molecule has 9 heteroatoms. The second-order valence-electron chi connectivity index (χ2n) is 6.42. The zero-order valence-corrected chi connectivity index (χ0v) is 17.1. The Morgan fingerprint density at radius 2 is 1.59 bits per heavy atom. The molecule has 0 saturated carbocycles. The Morgan fingerprint density at radius 1 is 0.966 bits per heavy atom. The highest BCUT2D eigenvalue weighted by atomic mass is 35.5. The molecule has 0 fully saturated rings. The number of amides is 3. The molecule has 0 saturated heterocycles. The van der Waals surface area contributed by atoms with Gasteiger partial charge in [-0.05, 0) is 29.3 Å². The first-order valence-corrected chi connectivity index (χ1v) is 9.47. The van der Waals surface area contributed by atoms with Crippen molar-refractivity contribution in [1.29, 1.82) is 0 Å². The van der Waals surface area contributed by atoms with Gasteiger partial charge in [0.2, 0.25) is 17.7 Å². The third-order valence-electron chi connectivity index (χ3n) is 4.21. The summed E-state index contributed by atoms with van der Waals surface area (Å²) in [5.41, 5.74) is 6.11. The summed E-state index contributed by atoms with van der Waals surface area (Å²) in [6, 6.07) is 8.51. The van der Waals surface area contributed by atoms with Crippen molar-refractivity contribution < 1.29 is 18.8 Å². The largest absolute Gasteiger partial charge is 0.368 e. The molecule has 29 heavy (non-hydrogen) atoms. The lowest BCUT2D eigenvalue weighted by molar-refractivity contribution is -0.130. The lowest BCUT2D eigenvalue weighted by Crippen LogP contribution is -2.54. The van der Waals surface area contributed by atoms with Crippen LogP contribution >= 0.6 is 23.2 Å². The number of primary amides is 1. The van der Waals surface area contributed by atoms with Crippen LogP contribution in [0.3, 0.4) is 0 Å². The number of hydrogen-bond acceptors (Lipinski definition) is 3. The van der Waals surface area contributed by atoms with Gasteiger partial charge in [0.1, 0.15) is 17.9 Å². The van der Waals surface area contributed by atoms with Gasteiger partial charge < -0.3 is 16.4 Å². The Kier molecular flexibility index (Phi) is 7.99. The summed E-state index contributed by atoms with van der Waals surface area (Å²) < 4.78 is 14.0. The fourth-order valence-electron chi connectivity index (χ4n) is 2.77. The summed E-state index contributed by atoms with van der Waals surface area (Å²) in [4.78, 5) is 36.2. The van der Waals surface area contributed by atoms with Crippen LogP contribution in [-0.2, 0) is 27.2 Å². The van der Waals surface area contributed by atoms with Crippen LogP contribution in [-0.4, -0.2) is 29.8 Å². The highest BCUT2D eigenvalue weighted by Crippen LogP contribution is 2.25. The minimum absolute atomic E-state index is 0.0356. The lowest BCUT2D eigenvalue weighted by Gasteiger charge is -2.22. The van der Waals surface area contributed by atoms with Crippen LogP contribution in [0.25, 0.3) is 0 Å². The molecule has 0 aromatic heterocycles. The number of carbonyl (C=O) groups excluding carboxylic acids is 3. The Hall–Kier alpha value is -2.64. The smallest absolute Gasteiger partial charge is 0.243 e. The molecule has 0 radical (unpaired) electrons. The summed E-state index contributed by atoms with van der Waals surface area (Å²) in [7, 11) is 0. The van der Waals surface area contributed by atoms with Gasteiger partial charge in [0.25, 0.3) is 0 Å². The predicted molar refractivity (Wildman–Crippen MR) is 109 cm³/mol. The van der Waals surface area contributed by atoms with Crippen LogP contribution < -0.4 is 16.4 Å². The van der Waals surface area contributed by atoms with Crippen LogP contribution in [0.4, 0.5) is 4.39 Å². The zero-order chi connectivity index (χ0) is 21.6. The maximum absolute atomic E-state index is 14.0. The maximum atomic E-state index is 14.0. The fourth-order valence-corrected chi connectivity index (χ4v) is 3.32. The Balaban J connectivity index is 2.21. The van der Waals surface area contributed by atoms with Crippen molar-refractivity contribution in [3.8, 4) is 0 Å². The first-order valence-electron chi connectivity index (χ1n) is 8.72. The van der Waals surface area contributed by atoms with Gasteiger partial charge in [-0.15, -0.1) is 0 Å². The average Bonchev–Trinajstić information content (AvgIpc) is 2.64. The first kappa shape index (κ1) is 22.6. The molecule has 0 spiro atoms. The highest BCUT2D eigenvalue weighted by molar-refractivity contribution is 6.36. The van der Waals surface area contributed by atoms with Crippen molar-refractivity contribution in [2.24, 2.45) is 5.73 Å². The maximum Gasteiger partial charge on any atom is 0.243 e. The molecule has 2 aromatic carbocycles. The van der Waals surface area contributed by atoms with Crippen LogP contribution in [0.15, 0.2) is 42.5 Å². The summed E-state index contributed by atoms with van der Waals surface area (Å²) in [5, 5.41) is 5.61. The van der Waals surface area contributed by atoms with Crippen molar-refractivity contribution in [3.05, 3.63) is 69.5 Å². The molecule has 4 N–H and O–H groups in total. The third kappa shape index (κ3) is 6.44. The van der Waals surface area contributed by atoms with Gasteiger partial charge in [-0.3, -0.25) is 14.4 Å². The van der Waals surface area contributed by atoms with Crippen LogP contribution in [0.1, 0.15) is 18.1 Å². The summed E-state index contributed by atoms with van der Waals surface area (Å²) in [6.45, 7) is 1.23. The highest BCUT2D eigenvalue weighted by Gasteiger charge is 2.27. The van der Waals surface area contributed by atoms with E-state index in [4.69, 9.17) is 28.9 Å². The van der Waals surface area contributed by atoms with Gasteiger partial charge in [-0.25, -0.2) is 4.39 Å². The van der Waals surface area contributed by atoms with E-state index in [1.54, 1.807) is 24.3 Å². The number of nitrogens with two attached hydrogens (primary N) is 1. The number of halogens is 3. The number of nitrogens with one attached hydrogen (secondary N) is 2. The molecule has 0 heterocycles. The van der Waals surface area contributed by atoms with E-state index >= 15 is 0 Å². The van der Waals surface area contributed by atoms with E-state index in [9.17, 15) is 18.8 Å². The molecule has 2 aromatic rings. The number of carbonyl (C=O) groups is 3. The topological polar surface area (TPSA) is 101 Å². The van der Waals surface area contributed by atoms with E-state index < -0.39 is 35.6 Å². The van der Waals surface area contributed by atoms with Crippen LogP contribution in [0.5, 0.6) is 0 Å². The molecule has 2 atom stereocenters. The molecule has 6 nitrogen and oxygen atoms in total. The van der Waals surface area contributed by atoms with Crippen molar-refractivity contribution in [3.63, 3.8) is 0 Å². The SMILES string of the molecule is CC(=O)N[C@H](Cc1ccccc1F)C(=O)N[C@H](Cc1c(Cl)cccc1Cl)C(N)=O. The summed E-state index contributed by atoms with van der Waals surface area (Å²) in [5.74, 6) is -2.48. The minimum atomic E-state index is -1.13. The van der Waals surface area contributed by atoms with Gasteiger partial charge in [0, 0.05) is 29.8 Å². The van der Waals surface area contributed by atoms with Crippen molar-refractivity contribution in [1.82, 2.24) is 10.6 Å². The van der Waals surface area contributed by atoms with E-state index in [0.29, 0.717) is 15.6 Å². The summed E-state index contributed by atoms with van der Waals surface area (Å²) >= 11 is 12.2. The first-order chi connectivity index (χ1) is 13.7. The average molecular weight is 440 g/mol. The molecule has 0 aliphatic rings. The molecule has 0 aliphatic heterocycles. The second-order valence-corrected chi connectivity index (χ2v) is 7.23. The minimum Gasteiger partial charge on any atom is -0.368 e. The second kappa shape index (κ2) is 10.2. The van der Waals surface area contributed by atoms with Gasteiger partial charge in [-0.2, -0.15) is 0 Å². The molecule has 154 valence electrons. The standard InChI is InChI=1S/C20H20Cl2FN3O3/c1-11(27)25-18(9-12-5-2-3-8-16(12)23)20(29)26-17(19(24)28)10-13-14(21)6-4-7-15(13)22/h2-8,17-18H,9-10H2,1H3,(H2,24,28)(H,25,27)(H,26,29)/t17-,18-/m1/s1. The van der Waals surface area contributed by atoms with E-state index in [2.05, 4.69) is 10.6 Å². The van der Waals surface area contributed by atoms with Gasteiger partial charge in [0.05, 0.1) is 0 Å². The Bertz CT molecular complexity index is 903. The normalized spacial score (nSPS) is 12.7. The van der Waals surface area contributed by atoms with Gasteiger partial charge >= 0.3 is 0 Å². The fraction of sp³-hybridized carbons (Fsp3) is 0.250. The Morgan fingerprint density at radius 3 is 2.14 bits per heavy atom. The van der Waals surface area contributed by atoms with E-state index in [1.165, 1.54) is 25.1 Å². The third-order valence-corrected chi connectivity index (χ3v) is 4.91. The van der Waals surface area contributed by atoms with Crippen molar-refractivity contribution in [2.75, 3.05) is 0 Å². The molecule has 0 aliphatic carbocycles. The van der Waals surface area contributed by atoms with Gasteiger partial charge in [-0.1, -0.05) is 47.5 Å². The van der Waals surface area contributed by atoms with Crippen molar-refractivity contribution in [2.45, 2.75) is 31.8 Å². The number of rotatable bonds is 8. The molecular weight excluding hydrogens is 420 g/mol. The van der Waals surface area contributed by atoms with Crippen LogP contribution in [0.2, 0.25) is 10.0 Å². The monoisotopic (exact) mass is 439 g/mol. The molecule has 3 amide bonds. The lowest BCUT2D eigenvalue weighted by atomic mass is 10.0.